The van der Waals surface area contributed by atoms with E-state index in [1.54, 1.807) is 0 Å². The van der Waals surface area contributed by atoms with Crippen molar-refractivity contribution in [2.75, 3.05) is 12.4 Å². The molecule has 0 heterocycles. The fourth-order valence-corrected chi connectivity index (χ4v) is 3.10. The summed E-state index contributed by atoms with van der Waals surface area (Å²) in [7, 11) is -4.76. The first kappa shape index (κ1) is 24.1. The van der Waals surface area contributed by atoms with Crippen LogP contribution >= 0.6 is 15.9 Å². The number of carbonyl (C=O) groups is 2. The minimum atomic E-state index is -5.82. The van der Waals surface area contributed by atoms with Crippen molar-refractivity contribution in [3.05, 3.63) is 0 Å². The van der Waals surface area contributed by atoms with Crippen molar-refractivity contribution in [2.45, 2.75) is 50.8 Å². The molecular weight excluding hydrogens is 435 g/mol. The SMILES string of the molecule is COC(=O)C[C@@H](CCBr)[C@@H](NS(=O)(=O)C(F)(F)F)C(=O)OC(C)(C)C. The molecule has 1 N–H and O–H groups in total. The van der Waals surface area contributed by atoms with Crippen LogP contribution in [0.5, 0.6) is 0 Å². The van der Waals surface area contributed by atoms with E-state index in [1.165, 1.54) is 25.5 Å². The number of hydrogen-bond donors (Lipinski definition) is 1. The van der Waals surface area contributed by atoms with Crippen molar-refractivity contribution in [2.24, 2.45) is 5.92 Å². The lowest BCUT2D eigenvalue weighted by molar-refractivity contribution is -0.159. The third-order valence-electron chi connectivity index (χ3n) is 2.86. The molecule has 148 valence electrons. The van der Waals surface area contributed by atoms with E-state index in [1.807, 2.05) is 0 Å². The van der Waals surface area contributed by atoms with Crippen LogP contribution in [-0.2, 0) is 29.1 Å². The maximum Gasteiger partial charge on any atom is 0.511 e. The van der Waals surface area contributed by atoms with E-state index < -0.39 is 51.5 Å². The van der Waals surface area contributed by atoms with Gasteiger partial charge >= 0.3 is 27.5 Å². The Morgan fingerprint density at radius 1 is 1.20 bits per heavy atom. The first-order chi connectivity index (χ1) is 11.1. The van der Waals surface area contributed by atoms with Gasteiger partial charge in [-0.3, -0.25) is 9.59 Å². The van der Waals surface area contributed by atoms with E-state index in [9.17, 15) is 31.2 Å². The molecule has 0 radical (unpaired) electrons. The molecule has 0 bridgehead atoms. The first-order valence-corrected chi connectivity index (χ1v) is 9.69. The molecule has 7 nitrogen and oxygen atoms in total. The van der Waals surface area contributed by atoms with E-state index in [0.717, 1.165) is 7.11 Å². The van der Waals surface area contributed by atoms with Gasteiger partial charge in [0.15, 0.2) is 0 Å². The minimum Gasteiger partial charge on any atom is -0.469 e. The minimum absolute atomic E-state index is 0.0272. The number of esters is 2. The Morgan fingerprint density at radius 3 is 2.08 bits per heavy atom. The Labute approximate surface area is 152 Å². The van der Waals surface area contributed by atoms with Gasteiger partial charge in [-0.2, -0.15) is 17.9 Å². The third kappa shape index (κ3) is 8.36. The smallest absolute Gasteiger partial charge is 0.469 e. The highest BCUT2D eigenvalue weighted by Crippen LogP contribution is 2.26. The molecule has 0 aromatic rings. The molecule has 0 aromatic carbocycles. The average molecular weight is 456 g/mol. The van der Waals surface area contributed by atoms with Gasteiger partial charge < -0.3 is 9.47 Å². The highest BCUT2D eigenvalue weighted by atomic mass is 79.9. The van der Waals surface area contributed by atoms with E-state index >= 15 is 0 Å². The molecule has 0 rings (SSSR count). The summed E-state index contributed by atoms with van der Waals surface area (Å²) < 4.78 is 71.6. The molecule has 0 saturated carbocycles. The number of carbonyl (C=O) groups excluding carboxylic acids is 2. The molecular formula is C13H21BrF3NO6S. The van der Waals surface area contributed by atoms with E-state index in [2.05, 4.69) is 20.7 Å². The Kier molecular flexibility index (Phi) is 8.85. The maximum absolute atomic E-state index is 12.7. The van der Waals surface area contributed by atoms with E-state index in [0.29, 0.717) is 0 Å². The van der Waals surface area contributed by atoms with Crippen LogP contribution in [0.1, 0.15) is 33.6 Å². The Hall–Kier alpha value is -0.880. The first-order valence-electron chi connectivity index (χ1n) is 7.09. The molecule has 25 heavy (non-hydrogen) atoms. The standard InChI is InChI=1S/C13H21BrF3NO6S/c1-12(2,3)24-11(20)10(18-25(21,22)13(15,16)17)8(5-6-14)7-9(19)23-4/h8,10,18H,5-7H2,1-4H3/t8-,10-/m1/s1. The molecule has 2 atom stereocenters. The predicted molar refractivity (Wildman–Crippen MR) is 86.3 cm³/mol. The summed E-state index contributed by atoms with van der Waals surface area (Å²) in [6.45, 7) is 4.42. The van der Waals surface area contributed by atoms with Gasteiger partial charge in [0.2, 0.25) is 0 Å². The second-order valence-electron chi connectivity index (χ2n) is 6.10. The fraction of sp³-hybridized carbons (Fsp3) is 0.846. The molecule has 12 heteroatoms. The molecule has 0 unspecified atom stereocenters. The quantitative estimate of drug-likeness (QED) is 0.444. The van der Waals surface area contributed by atoms with Crippen molar-refractivity contribution in [3.63, 3.8) is 0 Å². The van der Waals surface area contributed by atoms with Crippen molar-refractivity contribution < 1.29 is 40.7 Å². The van der Waals surface area contributed by atoms with Crippen LogP contribution < -0.4 is 4.72 Å². The zero-order valence-corrected chi connectivity index (χ0v) is 16.5. The number of nitrogens with one attached hydrogen (secondary N) is 1. The topological polar surface area (TPSA) is 98.8 Å². The molecule has 0 aliphatic rings. The highest BCUT2D eigenvalue weighted by Gasteiger charge is 2.49. The van der Waals surface area contributed by atoms with Crippen LogP contribution in [0.3, 0.4) is 0 Å². The largest absolute Gasteiger partial charge is 0.511 e. The summed E-state index contributed by atoms with van der Waals surface area (Å²) in [6.07, 6.45) is -0.439. The second kappa shape index (κ2) is 9.17. The number of halogens is 4. The number of alkyl halides is 4. The Morgan fingerprint density at radius 2 is 1.72 bits per heavy atom. The zero-order valence-electron chi connectivity index (χ0n) is 14.1. The van der Waals surface area contributed by atoms with Crippen molar-refractivity contribution in [1.82, 2.24) is 4.72 Å². The molecule has 0 aliphatic heterocycles. The molecule has 0 aromatic heterocycles. The average Bonchev–Trinajstić information content (AvgIpc) is 2.41. The van der Waals surface area contributed by atoms with Crippen LogP contribution in [0, 0.1) is 5.92 Å². The third-order valence-corrected chi connectivity index (χ3v) is 4.49. The van der Waals surface area contributed by atoms with Gasteiger partial charge in [0.05, 0.1) is 13.5 Å². The summed E-state index contributed by atoms with van der Waals surface area (Å²) in [6, 6.07) is -1.90. The van der Waals surface area contributed by atoms with Crippen LogP contribution in [-0.4, -0.2) is 49.9 Å². The normalized spacial score (nSPS) is 15.4. The maximum atomic E-state index is 12.7. The molecule has 0 amide bonds. The monoisotopic (exact) mass is 455 g/mol. The molecule has 0 aliphatic carbocycles. The lowest BCUT2D eigenvalue weighted by Gasteiger charge is -2.29. The molecule has 0 saturated heterocycles. The Balaban J connectivity index is 5.77. The van der Waals surface area contributed by atoms with Crippen molar-refractivity contribution in [1.29, 1.82) is 0 Å². The lowest BCUT2D eigenvalue weighted by Crippen LogP contribution is -2.52. The van der Waals surface area contributed by atoms with E-state index in [-0.39, 0.29) is 11.8 Å². The summed E-state index contributed by atoms with van der Waals surface area (Å²) >= 11 is 3.06. The van der Waals surface area contributed by atoms with Gasteiger partial charge in [0.25, 0.3) is 0 Å². The van der Waals surface area contributed by atoms with Crippen LogP contribution in [0.4, 0.5) is 13.2 Å². The number of methoxy groups -OCH3 is 1. The lowest BCUT2D eigenvalue weighted by atomic mass is 9.94. The molecule has 0 spiro atoms. The zero-order chi connectivity index (χ0) is 20.1. The van der Waals surface area contributed by atoms with Gasteiger partial charge in [-0.05, 0) is 33.1 Å². The van der Waals surface area contributed by atoms with Gasteiger partial charge in [0.1, 0.15) is 11.6 Å². The summed E-state index contributed by atoms with van der Waals surface area (Å²) in [4.78, 5) is 23.7. The van der Waals surface area contributed by atoms with Gasteiger partial charge in [-0.25, -0.2) is 8.42 Å². The van der Waals surface area contributed by atoms with Gasteiger partial charge in [0, 0.05) is 5.33 Å². The highest BCUT2D eigenvalue weighted by molar-refractivity contribution is 9.09. The van der Waals surface area contributed by atoms with Crippen molar-refractivity contribution >= 4 is 37.9 Å². The van der Waals surface area contributed by atoms with E-state index in [4.69, 9.17) is 4.74 Å². The van der Waals surface area contributed by atoms with Crippen molar-refractivity contribution in [3.8, 4) is 0 Å². The predicted octanol–water partition coefficient (Wildman–Crippen LogP) is 2.10. The van der Waals surface area contributed by atoms with Crippen LogP contribution in [0.2, 0.25) is 0 Å². The number of ether oxygens (including phenoxy) is 2. The summed E-state index contributed by atoms with van der Waals surface area (Å²) in [5, 5.41) is 0.210. The van der Waals surface area contributed by atoms with Crippen LogP contribution in [0.15, 0.2) is 0 Å². The van der Waals surface area contributed by atoms with Gasteiger partial charge in [-0.15, -0.1) is 0 Å². The number of rotatable bonds is 8. The molecule has 0 fully saturated rings. The number of hydrogen-bond acceptors (Lipinski definition) is 6. The summed E-state index contributed by atoms with van der Waals surface area (Å²) in [5.41, 5.74) is -6.68. The fourth-order valence-electron chi connectivity index (χ4n) is 1.76. The van der Waals surface area contributed by atoms with Gasteiger partial charge in [-0.1, -0.05) is 15.9 Å². The number of sulfonamides is 1. The Bertz CT molecular complexity index is 573. The van der Waals surface area contributed by atoms with Crippen LogP contribution in [0.25, 0.3) is 0 Å². The second-order valence-corrected chi connectivity index (χ2v) is 8.59. The summed E-state index contributed by atoms with van der Waals surface area (Å²) in [5.74, 6) is -3.11.